The van der Waals surface area contributed by atoms with Crippen molar-refractivity contribution in [3.63, 3.8) is 0 Å². The van der Waals surface area contributed by atoms with Gasteiger partial charge in [-0.25, -0.2) is 9.97 Å². The molecule has 1 heterocycles. The molecule has 0 amide bonds. The summed E-state index contributed by atoms with van der Waals surface area (Å²) in [6.45, 7) is 7.67. The zero-order chi connectivity index (χ0) is 11.8. The molecule has 3 nitrogen and oxygen atoms in total. The number of hydrogen-bond acceptors (Lipinski definition) is 3. The summed E-state index contributed by atoms with van der Waals surface area (Å²) in [4.78, 5) is 8.30. The van der Waals surface area contributed by atoms with E-state index in [-0.39, 0.29) is 0 Å². The molecule has 16 heavy (non-hydrogen) atoms. The molecule has 2 unspecified atom stereocenters. The Labute approximate surface area is 98.7 Å². The number of nitrogens with one attached hydrogen (secondary N) is 1. The van der Waals surface area contributed by atoms with E-state index in [2.05, 4.69) is 36.1 Å². The van der Waals surface area contributed by atoms with Gasteiger partial charge in [0, 0.05) is 12.2 Å². The van der Waals surface area contributed by atoms with E-state index in [0.717, 1.165) is 24.6 Å². The third-order valence-corrected chi connectivity index (χ3v) is 2.83. The quantitative estimate of drug-likeness (QED) is 0.769. The molecule has 90 valence electrons. The molecule has 1 aromatic rings. The van der Waals surface area contributed by atoms with E-state index in [1.165, 1.54) is 12.8 Å². The Morgan fingerprint density at radius 3 is 2.75 bits per heavy atom. The first-order valence-corrected chi connectivity index (χ1v) is 6.27. The molecule has 0 fully saturated rings. The summed E-state index contributed by atoms with van der Waals surface area (Å²) in [5.41, 5.74) is 1.11. The topological polar surface area (TPSA) is 37.8 Å². The minimum Gasteiger partial charge on any atom is -0.309 e. The minimum absolute atomic E-state index is 0.370. The molecule has 0 saturated heterocycles. The van der Waals surface area contributed by atoms with Gasteiger partial charge in [0.05, 0.1) is 5.69 Å². The Bertz CT molecular complexity index is 274. The van der Waals surface area contributed by atoms with Crippen LogP contribution in [0.15, 0.2) is 18.6 Å². The Morgan fingerprint density at radius 1 is 1.38 bits per heavy atom. The van der Waals surface area contributed by atoms with Crippen molar-refractivity contribution in [1.82, 2.24) is 15.3 Å². The van der Waals surface area contributed by atoms with E-state index in [1.807, 2.05) is 12.3 Å². The van der Waals surface area contributed by atoms with Crippen molar-refractivity contribution in [2.45, 2.75) is 46.1 Å². The Morgan fingerprint density at radius 2 is 2.19 bits per heavy atom. The molecule has 0 aliphatic rings. The smallest absolute Gasteiger partial charge is 0.115 e. The van der Waals surface area contributed by atoms with E-state index in [4.69, 9.17) is 0 Å². The fourth-order valence-corrected chi connectivity index (χ4v) is 2.08. The fourth-order valence-electron chi connectivity index (χ4n) is 2.08. The summed E-state index contributed by atoms with van der Waals surface area (Å²) < 4.78 is 0. The van der Waals surface area contributed by atoms with Gasteiger partial charge in [0.15, 0.2) is 0 Å². The van der Waals surface area contributed by atoms with Crippen LogP contribution >= 0.6 is 0 Å². The predicted molar refractivity (Wildman–Crippen MR) is 67.1 cm³/mol. The second-order valence-corrected chi connectivity index (χ2v) is 4.37. The van der Waals surface area contributed by atoms with Crippen LogP contribution in [0.1, 0.15) is 51.8 Å². The van der Waals surface area contributed by atoms with Gasteiger partial charge < -0.3 is 5.32 Å². The zero-order valence-corrected chi connectivity index (χ0v) is 10.6. The van der Waals surface area contributed by atoms with Crippen molar-refractivity contribution in [3.8, 4) is 0 Å². The van der Waals surface area contributed by atoms with Crippen molar-refractivity contribution in [1.29, 1.82) is 0 Å². The maximum Gasteiger partial charge on any atom is 0.115 e. The van der Waals surface area contributed by atoms with Gasteiger partial charge in [-0.3, -0.25) is 0 Å². The number of aromatic nitrogens is 2. The first-order valence-electron chi connectivity index (χ1n) is 6.27. The summed E-state index contributed by atoms with van der Waals surface area (Å²) in [5, 5.41) is 3.50. The second-order valence-electron chi connectivity index (χ2n) is 4.37. The highest BCUT2D eigenvalue weighted by Crippen LogP contribution is 2.21. The molecular weight excluding hydrogens is 198 g/mol. The lowest BCUT2D eigenvalue weighted by Crippen LogP contribution is -2.23. The van der Waals surface area contributed by atoms with Crippen LogP contribution in [0.2, 0.25) is 0 Å². The SMILES string of the molecule is CCCC(C)CC(NCC)c1ccncn1. The van der Waals surface area contributed by atoms with Crippen LogP contribution in [0.4, 0.5) is 0 Å². The summed E-state index contributed by atoms with van der Waals surface area (Å²) in [6, 6.07) is 2.38. The third-order valence-electron chi connectivity index (χ3n) is 2.83. The van der Waals surface area contributed by atoms with E-state index in [0.29, 0.717) is 6.04 Å². The summed E-state index contributed by atoms with van der Waals surface area (Å²) in [5.74, 6) is 0.740. The van der Waals surface area contributed by atoms with Crippen molar-refractivity contribution in [2.75, 3.05) is 6.54 Å². The molecule has 1 aromatic heterocycles. The molecule has 0 radical (unpaired) electrons. The normalized spacial score (nSPS) is 14.7. The van der Waals surface area contributed by atoms with Crippen LogP contribution < -0.4 is 5.32 Å². The van der Waals surface area contributed by atoms with Crippen molar-refractivity contribution in [2.24, 2.45) is 5.92 Å². The van der Waals surface area contributed by atoms with Crippen LogP contribution in [-0.4, -0.2) is 16.5 Å². The van der Waals surface area contributed by atoms with Crippen LogP contribution in [0.3, 0.4) is 0 Å². The van der Waals surface area contributed by atoms with E-state index in [9.17, 15) is 0 Å². The van der Waals surface area contributed by atoms with Crippen molar-refractivity contribution in [3.05, 3.63) is 24.3 Å². The first kappa shape index (κ1) is 13.1. The Balaban J connectivity index is 2.60. The molecule has 1 rings (SSSR count). The lowest BCUT2D eigenvalue weighted by Gasteiger charge is -2.20. The summed E-state index contributed by atoms with van der Waals surface area (Å²) >= 11 is 0. The average molecular weight is 221 g/mol. The largest absolute Gasteiger partial charge is 0.309 e. The van der Waals surface area contributed by atoms with Crippen LogP contribution in [0.5, 0.6) is 0 Å². The number of hydrogen-bond donors (Lipinski definition) is 1. The lowest BCUT2D eigenvalue weighted by atomic mass is 9.95. The molecule has 0 aliphatic heterocycles. The lowest BCUT2D eigenvalue weighted by molar-refractivity contribution is 0.389. The van der Waals surface area contributed by atoms with Gasteiger partial charge in [-0.05, 0) is 24.9 Å². The maximum absolute atomic E-state index is 4.34. The monoisotopic (exact) mass is 221 g/mol. The summed E-state index contributed by atoms with van der Waals surface area (Å²) in [6.07, 6.45) is 7.14. The fraction of sp³-hybridized carbons (Fsp3) is 0.692. The molecule has 1 N–H and O–H groups in total. The molecule has 0 aliphatic carbocycles. The highest BCUT2D eigenvalue weighted by Gasteiger charge is 2.14. The second kappa shape index (κ2) is 7.34. The van der Waals surface area contributed by atoms with Gasteiger partial charge in [0.25, 0.3) is 0 Å². The van der Waals surface area contributed by atoms with E-state index in [1.54, 1.807) is 6.33 Å². The molecule has 0 aromatic carbocycles. The molecule has 0 spiro atoms. The number of nitrogens with zero attached hydrogens (tertiary/aromatic N) is 2. The van der Waals surface area contributed by atoms with Crippen LogP contribution in [-0.2, 0) is 0 Å². The minimum atomic E-state index is 0.370. The van der Waals surface area contributed by atoms with Crippen LogP contribution in [0.25, 0.3) is 0 Å². The van der Waals surface area contributed by atoms with Gasteiger partial charge in [-0.2, -0.15) is 0 Å². The molecular formula is C13H23N3. The predicted octanol–water partition coefficient (Wildman–Crippen LogP) is 2.95. The standard InChI is InChI=1S/C13H23N3/c1-4-6-11(3)9-13(15-5-2)12-7-8-14-10-16-12/h7-8,10-11,13,15H,4-6,9H2,1-3H3. The Hall–Kier alpha value is -0.960. The third kappa shape index (κ3) is 4.27. The molecule has 0 saturated carbocycles. The van der Waals surface area contributed by atoms with E-state index >= 15 is 0 Å². The first-order chi connectivity index (χ1) is 7.77. The van der Waals surface area contributed by atoms with Gasteiger partial charge in [0.2, 0.25) is 0 Å². The van der Waals surface area contributed by atoms with Crippen LogP contribution in [0, 0.1) is 5.92 Å². The highest BCUT2D eigenvalue weighted by molar-refractivity contribution is 5.04. The van der Waals surface area contributed by atoms with E-state index < -0.39 is 0 Å². The van der Waals surface area contributed by atoms with Gasteiger partial charge in [-0.1, -0.05) is 33.6 Å². The van der Waals surface area contributed by atoms with Crippen molar-refractivity contribution >= 4 is 0 Å². The van der Waals surface area contributed by atoms with Gasteiger partial charge in [0.1, 0.15) is 6.33 Å². The van der Waals surface area contributed by atoms with Gasteiger partial charge >= 0.3 is 0 Å². The average Bonchev–Trinajstić information content (AvgIpc) is 2.30. The van der Waals surface area contributed by atoms with Crippen molar-refractivity contribution < 1.29 is 0 Å². The molecule has 0 bridgehead atoms. The Kier molecular flexibility index (Phi) is 6.01. The molecule has 3 heteroatoms. The zero-order valence-electron chi connectivity index (χ0n) is 10.6. The van der Waals surface area contributed by atoms with Gasteiger partial charge in [-0.15, -0.1) is 0 Å². The highest BCUT2D eigenvalue weighted by atomic mass is 14.9. The summed E-state index contributed by atoms with van der Waals surface area (Å²) in [7, 11) is 0. The number of rotatable bonds is 7. The maximum atomic E-state index is 4.34. The molecule has 2 atom stereocenters.